The zero-order chi connectivity index (χ0) is 28.0. The second kappa shape index (κ2) is 12.9. The number of nitrogens with zero attached hydrogens (tertiary/aromatic N) is 1. The van der Waals surface area contributed by atoms with Crippen LogP contribution in [0.2, 0.25) is 0 Å². The first-order chi connectivity index (χ1) is 18.8. The monoisotopic (exact) mass is 529 g/mol. The molecule has 0 aromatic heterocycles. The van der Waals surface area contributed by atoms with Gasteiger partial charge in [-0.3, -0.25) is 4.79 Å². The molecule has 39 heavy (non-hydrogen) atoms. The Labute approximate surface area is 236 Å². The first kappa shape index (κ1) is 29.0. The number of aryl methyl sites for hydroxylation is 2. The number of Topliss-reactive ketones (excluding diaryl/α,β-unsaturated/α-hetero) is 1. The lowest BCUT2D eigenvalue weighted by molar-refractivity contribution is 0.101. The molecule has 0 radical (unpaired) electrons. The van der Waals surface area contributed by atoms with Crippen LogP contribution in [-0.4, -0.2) is 32.6 Å². The lowest BCUT2D eigenvalue weighted by Crippen LogP contribution is -2.46. The van der Waals surface area contributed by atoms with Gasteiger partial charge in [-0.05, 0) is 99.3 Å². The normalized spacial score (nSPS) is 20.7. The van der Waals surface area contributed by atoms with Crippen molar-refractivity contribution in [3.63, 3.8) is 0 Å². The third-order valence-corrected chi connectivity index (χ3v) is 8.77. The van der Waals surface area contributed by atoms with Gasteiger partial charge in [0, 0.05) is 24.1 Å². The first-order valence-corrected chi connectivity index (χ1v) is 14.8. The van der Waals surface area contributed by atoms with Crippen molar-refractivity contribution in [2.45, 2.75) is 78.6 Å². The third-order valence-electron chi connectivity index (χ3n) is 8.77. The summed E-state index contributed by atoms with van der Waals surface area (Å²) < 4.78 is 12.4. The highest BCUT2D eigenvalue weighted by atomic mass is 16.5. The minimum absolute atomic E-state index is 0.0789. The summed E-state index contributed by atoms with van der Waals surface area (Å²) in [4.78, 5) is 14.8. The Morgan fingerprint density at radius 1 is 1.18 bits per heavy atom. The predicted octanol–water partition coefficient (Wildman–Crippen LogP) is 8.22. The van der Waals surface area contributed by atoms with Crippen molar-refractivity contribution in [2.75, 3.05) is 31.7 Å². The Bertz CT molecular complexity index is 1210. The van der Waals surface area contributed by atoms with E-state index < -0.39 is 0 Å². The van der Waals surface area contributed by atoms with Crippen LogP contribution >= 0.6 is 0 Å². The van der Waals surface area contributed by atoms with Crippen LogP contribution in [-0.2, 0) is 16.6 Å². The lowest BCUT2D eigenvalue weighted by atomic mass is 9.69. The van der Waals surface area contributed by atoms with Gasteiger partial charge in [-0.15, -0.1) is 0 Å². The van der Waals surface area contributed by atoms with Crippen LogP contribution in [0.3, 0.4) is 0 Å². The van der Waals surface area contributed by atoms with Gasteiger partial charge in [-0.25, -0.2) is 0 Å². The van der Waals surface area contributed by atoms with Crippen LogP contribution in [0.25, 0.3) is 0 Å². The Morgan fingerprint density at radius 3 is 2.72 bits per heavy atom. The molecular formula is C35H47NO3. The highest BCUT2D eigenvalue weighted by Gasteiger charge is 2.42. The molecule has 2 aromatic rings. The molecule has 0 N–H and O–H groups in total. The van der Waals surface area contributed by atoms with Crippen molar-refractivity contribution in [3.05, 3.63) is 82.6 Å². The fourth-order valence-electron chi connectivity index (χ4n) is 6.08. The number of hydrogen-bond acceptors (Lipinski definition) is 4. The number of carbonyl (C=O) groups is 1. The third kappa shape index (κ3) is 6.77. The fourth-order valence-corrected chi connectivity index (χ4v) is 6.08. The van der Waals surface area contributed by atoms with Crippen LogP contribution in [0.5, 0.6) is 5.75 Å². The van der Waals surface area contributed by atoms with Gasteiger partial charge >= 0.3 is 0 Å². The summed E-state index contributed by atoms with van der Waals surface area (Å²) in [5.41, 5.74) is 5.87. The molecule has 1 aliphatic heterocycles. The van der Waals surface area contributed by atoms with Crippen molar-refractivity contribution in [1.29, 1.82) is 0 Å². The molecule has 2 aliphatic rings. The fraction of sp³-hybridized carbons (Fsp3) is 0.514. The van der Waals surface area contributed by atoms with Crippen molar-refractivity contribution in [2.24, 2.45) is 11.8 Å². The second-order valence-electron chi connectivity index (χ2n) is 11.8. The zero-order valence-electron chi connectivity index (χ0n) is 24.9. The quantitative estimate of drug-likeness (QED) is 0.177. The summed E-state index contributed by atoms with van der Waals surface area (Å²) in [5, 5.41) is 0. The van der Waals surface area contributed by atoms with Crippen LogP contribution in [0, 0.1) is 18.8 Å². The Balaban J connectivity index is 1.71. The molecule has 0 unspecified atom stereocenters. The van der Waals surface area contributed by atoms with E-state index in [9.17, 15) is 4.79 Å². The molecule has 0 fully saturated rings. The standard InChI is InChI=1S/C35H47NO3/c1-7-25(3)11-9-13-31(38-6)20-28(8-2)22-36-23-35(18-10-12-30-19-26(4)14-16-32(30)35)24-39-34-17-15-29(27(5)37)21-33(34)36/h9,13-17,19-21,25,28H,7-8,10-12,18,22-24H2,1-6H3/b13-9+,31-20+/t25-,28-,35+/m1/s1. The molecule has 1 spiro atoms. The summed E-state index contributed by atoms with van der Waals surface area (Å²) in [6, 6.07) is 12.9. The minimum atomic E-state index is -0.0843. The Hall–Kier alpha value is -3.01. The van der Waals surface area contributed by atoms with E-state index in [1.165, 1.54) is 23.1 Å². The van der Waals surface area contributed by atoms with Crippen molar-refractivity contribution in [3.8, 4) is 5.75 Å². The summed E-state index contributed by atoms with van der Waals surface area (Å²) in [6.45, 7) is 12.9. The lowest BCUT2D eigenvalue weighted by Gasteiger charge is -2.41. The van der Waals surface area contributed by atoms with Gasteiger partial charge in [0.2, 0.25) is 0 Å². The van der Waals surface area contributed by atoms with Crippen LogP contribution in [0.4, 0.5) is 5.69 Å². The molecule has 1 aliphatic carbocycles. The molecule has 0 saturated carbocycles. The number of ether oxygens (including phenoxy) is 2. The maximum atomic E-state index is 12.4. The van der Waals surface area contributed by atoms with Gasteiger partial charge in [0.25, 0.3) is 0 Å². The van der Waals surface area contributed by atoms with E-state index in [0.29, 0.717) is 18.4 Å². The molecule has 210 valence electrons. The Morgan fingerprint density at radius 2 is 2.00 bits per heavy atom. The van der Waals surface area contributed by atoms with Gasteiger partial charge in [-0.1, -0.05) is 57.0 Å². The number of carbonyl (C=O) groups excluding carboxylic acids is 1. The van der Waals surface area contributed by atoms with E-state index in [-0.39, 0.29) is 11.2 Å². The molecule has 4 heteroatoms. The summed E-state index contributed by atoms with van der Waals surface area (Å²) in [6.07, 6.45) is 13.3. The topological polar surface area (TPSA) is 38.8 Å². The van der Waals surface area contributed by atoms with Crippen LogP contribution in [0.15, 0.2) is 60.4 Å². The number of ketones is 1. The molecule has 1 heterocycles. The van der Waals surface area contributed by atoms with E-state index in [2.05, 4.69) is 69.0 Å². The molecule has 4 nitrogen and oxygen atoms in total. The maximum absolute atomic E-state index is 12.4. The van der Waals surface area contributed by atoms with Gasteiger partial charge < -0.3 is 14.4 Å². The largest absolute Gasteiger partial charge is 0.497 e. The zero-order valence-corrected chi connectivity index (χ0v) is 24.9. The van der Waals surface area contributed by atoms with Crippen LogP contribution in [0.1, 0.15) is 86.8 Å². The Kier molecular flexibility index (Phi) is 9.58. The molecule has 3 atom stereocenters. The molecule has 0 bridgehead atoms. The number of anilines is 1. The SMILES string of the molecule is CC[C@@H](C)C/C=C/C(=C\[C@@H](CC)CN1C[C@@]2(CCCc3cc(C)ccc32)COc2ccc(C(C)=O)cc21)OC. The number of fused-ring (bicyclic) bond motifs is 3. The van der Waals surface area contributed by atoms with Crippen molar-refractivity contribution in [1.82, 2.24) is 0 Å². The van der Waals surface area contributed by atoms with Gasteiger partial charge in [0.1, 0.15) is 11.5 Å². The van der Waals surface area contributed by atoms with E-state index in [1.54, 1.807) is 14.0 Å². The number of benzene rings is 2. The maximum Gasteiger partial charge on any atom is 0.159 e. The highest BCUT2D eigenvalue weighted by Crippen LogP contribution is 2.44. The molecular weight excluding hydrogens is 482 g/mol. The van der Waals surface area contributed by atoms with E-state index in [4.69, 9.17) is 9.47 Å². The van der Waals surface area contributed by atoms with Crippen LogP contribution < -0.4 is 9.64 Å². The predicted molar refractivity (Wildman–Crippen MR) is 162 cm³/mol. The molecule has 4 rings (SSSR count). The van der Waals surface area contributed by atoms with Gasteiger partial charge in [0.15, 0.2) is 5.78 Å². The number of hydrogen-bond donors (Lipinski definition) is 0. The van der Waals surface area contributed by atoms with Gasteiger partial charge in [0.05, 0.1) is 19.4 Å². The number of allylic oxidation sites excluding steroid dienone is 2. The average Bonchev–Trinajstić information content (AvgIpc) is 3.08. The molecule has 2 aromatic carbocycles. The number of rotatable bonds is 10. The summed E-state index contributed by atoms with van der Waals surface area (Å²) in [7, 11) is 1.76. The minimum Gasteiger partial charge on any atom is -0.497 e. The smallest absolute Gasteiger partial charge is 0.159 e. The van der Waals surface area contributed by atoms with E-state index in [0.717, 1.165) is 68.0 Å². The summed E-state index contributed by atoms with van der Waals surface area (Å²) >= 11 is 0. The molecule has 0 saturated heterocycles. The van der Waals surface area contributed by atoms with E-state index in [1.807, 2.05) is 18.2 Å². The molecule has 0 amide bonds. The second-order valence-corrected chi connectivity index (χ2v) is 11.8. The van der Waals surface area contributed by atoms with Gasteiger partial charge in [-0.2, -0.15) is 0 Å². The summed E-state index contributed by atoms with van der Waals surface area (Å²) in [5.74, 6) is 2.83. The average molecular weight is 530 g/mol. The first-order valence-electron chi connectivity index (χ1n) is 14.8. The number of methoxy groups -OCH3 is 1. The van der Waals surface area contributed by atoms with E-state index >= 15 is 0 Å². The van der Waals surface area contributed by atoms with Crippen molar-refractivity contribution < 1.29 is 14.3 Å². The highest BCUT2D eigenvalue weighted by molar-refractivity contribution is 5.95. The van der Waals surface area contributed by atoms with Crippen molar-refractivity contribution >= 4 is 11.5 Å².